The number of nitrogens with zero attached hydrogens (tertiary/aromatic N) is 1. The third-order valence-corrected chi connectivity index (χ3v) is 4.78. The van der Waals surface area contributed by atoms with Crippen molar-refractivity contribution in [3.8, 4) is 16.6 Å². The minimum Gasteiger partial charge on any atom is -0.493 e. The van der Waals surface area contributed by atoms with Crippen LogP contribution in [0.5, 0.6) is 5.88 Å². The van der Waals surface area contributed by atoms with Crippen molar-refractivity contribution >= 4 is 22.9 Å². The van der Waals surface area contributed by atoms with Gasteiger partial charge < -0.3 is 10.1 Å². The van der Waals surface area contributed by atoms with Crippen LogP contribution in [0.2, 0.25) is 5.02 Å². The molecule has 19 heavy (non-hydrogen) atoms. The van der Waals surface area contributed by atoms with Crippen molar-refractivity contribution < 1.29 is 5.11 Å². The Morgan fingerprint density at radius 1 is 1.42 bits per heavy atom. The van der Waals surface area contributed by atoms with Gasteiger partial charge in [-0.05, 0) is 24.8 Å². The van der Waals surface area contributed by atoms with Gasteiger partial charge in [0.05, 0.1) is 15.5 Å². The van der Waals surface area contributed by atoms with Crippen LogP contribution in [0.4, 0.5) is 0 Å². The Bertz CT molecular complexity index is 659. The molecule has 1 aliphatic rings. The molecule has 0 aliphatic heterocycles. The fourth-order valence-corrected chi connectivity index (χ4v) is 3.63. The highest BCUT2D eigenvalue weighted by atomic mass is 35.5. The Kier molecular flexibility index (Phi) is 3.33. The topological polar surface area (TPSA) is 66.0 Å². The van der Waals surface area contributed by atoms with Gasteiger partial charge in [0.1, 0.15) is 0 Å². The van der Waals surface area contributed by atoms with Crippen molar-refractivity contribution in [1.29, 1.82) is 0 Å². The molecule has 0 spiro atoms. The van der Waals surface area contributed by atoms with Gasteiger partial charge in [-0.15, -0.1) is 11.3 Å². The van der Waals surface area contributed by atoms with E-state index in [4.69, 9.17) is 11.6 Å². The molecule has 1 fully saturated rings. The molecule has 2 aromatic rings. The minimum atomic E-state index is -0.237. The Morgan fingerprint density at radius 2 is 2.16 bits per heavy atom. The number of thiophene rings is 1. The second-order valence-corrected chi connectivity index (χ2v) is 6.11. The van der Waals surface area contributed by atoms with Crippen molar-refractivity contribution in [3.05, 3.63) is 32.4 Å². The molecule has 0 amide bonds. The first-order valence-corrected chi connectivity index (χ1v) is 7.48. The van der Waals surface area contributed by atoms with Crippen LogP contribution in [0.3, 0.4) is 0 Å². The monoisotopic (exact) mass is 296 g/mol. The summed E-state index contributed by atoms with van der Waals surface area (Å²) in [5, 5.41) is 12.4. The molecule has 1 aliphatic carbocycles. The van der Waals surface area contributed by atoms with Crippen LogP contribution >= 0.6 is 22.9 Å². The van der Waals surface area contributed by atoms with Gasteiger partial charge in [0.15, 0.2) is 5.82 Å². The second kappa shape index (κ2) is 4.98. The standard InChI is InChI=1S/C13H13ClN2O2S/c14-8-5-9(19-6-8)11-15-12(17)10(13(18)16-11)7-3-1-2-4-7/h5-7H,1-4H2,(H2,15,16,17,18). The third kappa shape index (κ3) is 2.40. The van der Waals surface area contributed by atoms with Crippen molar-refractivity contribution in [2.45, 2.75) is 31.6 Å². The number of aromatic nitrogens is 2. The number of rotatable bonds is 2. The first kappa shape index (κ1) is 12.7. The van der Waals surface area contributed by atoms with Crippen molar-refractivity contribution in [3.63, 3.8) is 0 Å². The Labute approximate surface area is 119 Å². The maximum atomic E-state index is 12.1. The summed E-state index contributed by atoms with van der Waals surface area (Å²) in [6.07, 6.45) is 4.10. The quantitative estimate of drug-likeness (QED) is 0.891. The summed E-state index contributed by atoms with van der Waals surface area (Å²) in [5.41, 5.74) is 0.197. The molecule has 2 N–H and O–H groups in total. The highest BCUT2D eigenvalue weighted by Crippen LogP contribution is 2.36. The summed E-state index contributed by atoms with van der Waals surface area (Å²) in [6, 6.07) is 1.72. The molecule has 0 aromatic carbocycles. The molecule has 0 unspecified atom stereocenters. The van der Waals surface area contributed by atoms with Gasteiger partial charge in [0.2, 0.25) is 5.88 Å². The fraction of sp³-hybridized carbons (Fsp3) is 0.385. The minimum absolute atomic E-state index is 0.136. The van der Waals surface area contributed by atoms with Crippen LogP contribution in [0.15, 0.2) is 16.2 Å². The Hall–Kier alpha value is -1.33. The van der Waals surface area contributed by atoms with Crippen molar-refractivity contribution in [1.82, 2.24) is 9.97 Å². The molecule has 100 valence electrons. The number of hydrogen-bond acceptors (Lipinski definition) is 4. The van der Waals surface area contributed by atoms with Crippen LogP contribution in [-0.2, 0) is 0 Å². The van der Waals surface area contributed by atoms with E-state index >= 15 is 0 Å². The number of H-pyrrole nitrogens is 1. The van der Waals surface area contributed by atoms with E-state index in [0.29, 0.717) is 16.4 Å². The fourth-order valence-electron chi connectivity index (χ4n) is 2.61. The molecule has 2 heterocycles. The largest absolute Gasteiger partial charge is 0.493 e. The first-order valence-electron chi connectivity index (χ1n) is 6.22. The number of halogens is 1. The molecular formula is C13H13ClN2O2S. The summed E-state index contributed by atoms with van der Waals surface area (Å²) >= 11 is 7.24. The average molecular weight is 297 g/mol. The lowest BCUT2D eigenvalue weighted by atomic mass is 10.00. The summed E-state index contributed by atoms with van der Waals surface area (Å²) < 4.78 is 0. The normalized spacial score (nSPS) is 16.1. The number of nitrogens with one attached hydrogen (secondary N) is 1. The van der Waals surface area contributed by atoms with Gasteiger partial charge in [0.25, 0.3) is 5.56 Å². The third-order valence-electron chi connectivity index (χ3n) is 3.50. The van der Waals surface area contributed by atoms with E-state index in [0.717, 1.165) is 30.6 Å². The van der Waals surface area contributed by atoms with Crippen LogP contribution in [0, 0.1) is 0 Å². The number of hydrogen-bond donors (Lipinski definition) is 2. The van der Waals surface area contributed by atoms with Crippen LogP contribution < -0.4 is 5.56 Å². The maximum absolute atomic E-state index is 12.1. The van der Waals surface area contributed by atoms with Crippen molar-refractivity contribution in [2.24, 2.45) is 0 Å². The summed E-state index contributed by atoms with van der Waals surface area (Å²) in [5.74, 6) is 0.369. The van der Waals surface area contributed by atoms with E-state index in [1.165, 1.54) is 11.3 Å². The molecule has 1 saturated carbocycles. The Balaban J connectivity index is 2.04. The maximum Gasteiger partial charge on any atom is 0.258 e. The predicted octanol–water partition coefficient (Wildman–Crippen LogP) is 3.52. The van der Waals surface area contributed by atoms with Gasteiger partial charge in [-0.25, -0.2) is 0 Å². The van der Waals surface area contributed by atoms with Gasteiger partial charge >= 0.3 is 0 Å². The highest BCUT2D eigenvalue weighted by Gasteiger charge is 2.24. The van der Waals surface area contributed by atoms with Crippen LogP contribution in [0.1, 0.15) is 37.2 Å². The lowest BCUT2D eigenvalue weighted by molar-refractivity contribution is 0.436. The molecule has 2 aromatic heterocycles. The molecule has 6 heteroatoms. The van der Waals surface area contributed by atoms with Crippen molar-refractivity contribution in [2.75, 3.05) is 0 Å². The molecule has 0 atom stereocenters. The van der Waals surface area contributed by atoms with E-state index in [9.17, 15) is 9.90 Å². The average Bonchev–Trinajstić information content (AvgIpc) is 2.99. The zero-order valence-electron chi connectivity index (χ0n) is 10.1. The lowest BCUT2D eigenvalue weighted by Crippen LogP contribution is -2.17. The molecule has 4 nitrogen and oxygen atoms in total. The van der Waals surface area contributed by atoms with Gasteiger partial charge in [-0.2, -0.15) is 4.98 Å². The van der Waals surface area contributed by atoms with E-state index in [1.807, 2.05) is 0 Å². The molecule has 0 bridgehead atoms. The molecule has 3 rings (SSSR count). The van der Waals surface area contributed by atoms with E-state index in [-0.39, 0.29) is 17.4 Å². The predicted molar refractivity (Wildman–Crippen MR) is 76.1 cm³/mol. The lowest BCUT2D eigenvalue weighted by Gasteiger charge is -2.10. The van der Waals surface area contributed by atoms with E-state index < -0.39 is 0 Å². The first-order chi connectivity index (χ1) is 9.15. The smallest absolute Gasteiger partial charge is 0.258 e. The highest BCUT2D eigenvalue weighted by molar-refractivity contribution is 7.14. The zero-order valence-corrected chi connectivity index (χ0v) is 11.7. The molecule has 0 saturated heterocycles. The van der Waals surface area contributed by atoms with Crippen LogP contribution in [0.25, 0.3) is 10.7 Å². The van der Waals surface area contributed by atoms with E-state index in [2.05, 4.69) is 9.97 Å². The molecular weight excluding hydrogens is 284 g/mol. The summed E-state index contributed by atoms with van der Waals surface area (Å²) in [7, 11) is 0. The zero-order chi connectivity index (χ0) is 13.4. The molecule has 0 radical (unpaired) electrons. The SMILES string of the molecule is O=c1[nH]c(-c2cc(Cl)cs2)nc(O)c1C1CCCC1. The van der Waals surface area contributed by atoms with Gasteiger partial charge in [-0.3, -0.25) is 4.79 Å². The summed E-state index contributed by atoms with van der Waals surface area (Å²) in [4.78, 5) is 19.8. The van der Waals surface area contributed by atoms with Gasteiger partial charge in [-0.1, -0.05) is 24.4 Å². The van der Waals surface area contributed by atoms with E-state index in [1.54, 1.807) is 11.4 Å². The number of aromatic amines is 1. The van der Waals surface area contributed by atoms with Gasteiger partial charge in [0, 0.05) is 5.38 Å². The number of aromatic hydroxyl groups is 1. The summed E-state index contributed by atoms with van der Waals surface area (Å²) in [6.45, 7) is 0. The second-order valence-electron chi connectivity index (χ2n) is 4.76. The Morgan fingerprint density at radius 3 is 2.74 bits per heavy atom. The van der Waals surface area contributed by atoms with Crippen LogP contribution in [-0.4, -0.2) is 15.1 Å².